The van der Waals surface area contributed by atoms with Crippen molar-refractivity contribution in [3.8, 4) is 0 Å². The maximum Gasteiger partial charge on any atom is 0.338 e. The summed E-state index contributed by atoms with van der Waals surface area (Å²) in [6.07, 6.45) is 0.223. The molecule has 0 saturated carbocycles. The van der Waals surface area contributed by atoms with E-state index in [0.717, 1.165) is 12.8 Å². The SMILES string of the molecule is CCCCO[C@@H]1C[C@H](OC(=O)c2ccccc2)[C@H]2[C@H](C)[C@H](C(=O)OCC)ON2O1. The van der Waals surface area contributed by atoms with E-state index in [1.807, 2.05) is 13.0 Å². The zero-order valence-corrected chi connectivity index (χ0v) is 17.1. The summed E-state index contributed by atoms with van der Waals surface area (Å²) in [5, 5.41) is 1.26. The third-order valence-electron chi connectivity index (χ3n) is 5.09. The van der Waals surface area contributed by atoms with E-state index in [1.54, 1.807) is 31.2 Å². The molecule has 3 rings (SSSR count). The minimum Gasteiger partial charge on any atom is -0.464 e. The third-order valence-corrected chi connectivity index (χ3v) is 5.09. The Morgan fingerprint density at radius 1 is 1.17 bits per heavy atom. The van der Waals surface area contributed by atoms with Gasteiger partial charge in [-0.1, -0.05) is 43.7 Å². The van der Waals surface area contributed by atoms with Crippen molar-refractivity contribution in [3.63, 3.8) is 0 Å². The summed E-state index contributed by atoms with van der Waals surface area (Å²) in [6, 6.07) is 8.35. The second-order valence-corrected chi connectivity index (χ2v) is 7.22. The lowest BCUT2D eigenvalue weighted by atomic mass is 9.91. The molecule has 2 aliphatic rings. The van der Waals surface area contributed by atoms with E-state index in [9.17, 15) is 9.59 Å². The molecule has 0 bridgehead atoms. The maximum absolute atomic E-state index is 12.6. The molecule has 1 aromatic rings. The van der Waals surface area contributed by atoms with Crippen molar-refractivity contribution in [3.05, 3.63) is 35.9 Å². The molecule has 0 aromatic heterocycles. The number of unbranched alkanes of at least 4 members (excludes halogenated alkanes) is 1. The number of hydroxylamine groups is 2. The molecule has 0 N–H and O–H groups in total. The lowest BCUT2D eigenvalue weighted by Crippen LogP contribution is -2.52. The lowest BCUT2D eigenvalue weighted by molar-refractivity contribution is -0.443. The Morgan fingerprint density at radius 3 is 2.62 bits per heavy atom. The minimum absolute atomic E-state index is 0.256. The Bertz CT molecular complexity index is 683. The molecule has 2 aliphatic heterocycles. The first-order valence-corrected chi connectivity index (χ1v) is 10.2. The van der Waals surface area contributed by atoms with Gasteiger partial charge in [0.25, 0.3) is 0 Å². The number of hydrogen-bond acceptors (Lipinski definition) is 8. The van der Waals surface area contributed by atoms with Gasteiger partial charge in [-0.2, -0.15) is 0 Å². The third kappa shape index (κ3) is 5.14. The molecule has 0 aliphatic carbocycles. The van der Waals surface area contributed by atoms with Gasteiger partial charge in [0.05, 0.1) is 12.2 Å². The van der Waals surface area contributed by atoms with E-state index in [-0.39, 0.29) is 12.5 Å². The van der Waals surface area contributed by atoms with Gasteiger partial charge in [-0.25, -0.2) is 14.4 Å². The van der Waals surface area contributed by atoms with Crippen molar-refractivity contribution in [1.82, 2.24) is 5.23 Å². The summed E-state index contributed by atoms with van der Waals surface area (Å²) in [5.41, 5.74) is 0.461. The van der Waals surface area contributed by atoms with Crippen molar-refractivity contribution in [2.24, 2.45) is 5.92 Å². The fourth-order valence-electron chi connectivity index (χ4n) is 3.54. The Morgan fingerprint density at radius 2 is 1.93 bits per heavy atom. The van der Waals surface area contributed by atoms with Crippen molar-refractivity contribution >= 4 is 11.9 Å². The zero-order valence-electron chi connectivity index (χ0n) is 17.1. The molecular formula is C21H29NO7. The fourth-order valence-corrected chi connectivity index (χ4v) is 3.54. The molecular weight excluding hydrogens is 378 g/mol. The van der Waals surface area contributed by atoms with Gasteiger partial charge in [0.2, 0.25) is 0 Å². The smallest absolute Gasteiger partial charge is 0.338 e. The number of carbonyl (C=O) groups excluding carboxylic acids is 2. The van der Waals surface area contributed by atoms with Crippen molar-refractivity contribution in [2.45, 2.75) is 64.6 Å². The van der Waals surface area contributed by atoms with Gasteiger partial charge in [-0.3, -0.25) is 4.84 Å². The Labute approximate surface area is 170 Å². The molecule has 0 radical (unpaired) electrons. The molecule has 160 valence electrons. The largest absolute Gasteiger partial charge is 0.464 e. The number of nitrogens with zero attached hydrogens (tertiary/aromatic N) is 1. The molecule has 8 nitrogen and oxygen atoms in total. The van der Waals surface area contributed by atoms with Crippen molar-refractivity contribution in [1.29, 1.82) is 0 Å². The second-order valence-electron chi connectivity index (χ2n) is 7.22. The predicted molar refractivity (Wildman–Crippen MR) is 102 cm³/mol. The van der Waals surface area contributed by atoms with Gasteiger partial charge in [-0.15, -0.1) is 0 Å². The van der Waals surface area contributed by atoms with Crippen LogP contribution in [0.15, 0.2) is 30.3 Å². The van der Waals surface area contributed by atoms with Gasteiger partial charge in [0.1, 0.15) is 12.1 Å². The van der Waals surface area contributed by atoms with Gasteiger partial charge in [-0.05, 0) is 25.5 Å². The number of benzene rings is 1. The lowest BCUT2D eigenvalue weighted by Gasteiger charge is -2.38. The minimum atomic E-state index is -0.827. The summed E-state index contributed by atoms with van der Waals surface area (Å²) >= 11 is 0. The van der Waals surface area contributed by atoms with Crippen LogP contribution in [0, 0.1) is 5.92 Å². The maximum atomic E-state index is 12.6. The highest BCUT2D eigenvalue weighted by atomic mass is 17.0. The van der Waals surface area contributed by atoms with Crippen molar-refractivity contribution < 1.29 is 33.5 Å². The van der Waals surface area contributed by atoms with E-state index in [1.165, 1.54) is 5.23 Å². The van der Waals surface area contributed by atoms with Crippen LogP contribution in [0.5, 0.6) is 0 Å². The normalized spacial score (nSPS) is 29.3. The van der Waals surface area contributed by atoms with Crippen LogP contribution in [-0.4, -0.2) is 54.9 Å². The summed E-state index contributed by atoms with van der Waals surface area (Å²) in [4.78, 5) is 36.4. The van der Waals surface area contributed by atoms with E-state index >= 15 is 0 Å². The van der Waals surface area contributed by atoms with E-state index in [2.05, 4.69) is 6.92 Å². The molecule has 0 amide bonds. The van der Waals surface area contributed by atoms with Crippen LogP contribution < -0.4 is 0 Å². The molecule has 0 unspecified atom stereocenters. The van der Waals surface area contributed by atoms with Crippen LogP contribution >= 0.6 is 0 Å². The molecule has 1 aromatic carbocycles. The standard InChI is InChI=1S/C21H29NO7/c1-4-6-12-26-17-13-16(27-20(23)15-10-8-7-9-11-15)18-14(3)19(21(24)25-5-2)29-22(18)28-17/h7-11,14,16-19H,4-6,12-13H2,1-3H3/t14-,16-,17-,18+,19+/m0/s1. The molecule has 8 heteroatoms. The first kappa shape index (κ1) is 21.7. The van der Waals surface area contributed by atoms with Gasteiger partial charge >= 0.3 is 11.9 Å². The average molecular weight is 407 g/mol. The number of rotatable bonds is 8. The number of carbonyl (C=O) groups is 2. The van der Waals surface area contributed by atoms with E-state index < -0.39 is 36.5 Å². The summed E-state index contributed by atoms with van der Waals surface area (Å²) in [7, 11) is 0. The van der Waals surface area contributed by atoms with Crippen LogP contribution in [0.4, 0.5) is 0 Å². The van der Waals surface area contributed by atoms with Crippen LogP contribution in [0.2, 0.25) is 0 Å². The molecule has 5 atom stereocenters. The monoisotopic (exact) mass is 407 g/mol. The molecule has 29 heavy (non-hydrogen) atoms. The second kappa shape index (κ2) is 10.2. The highest BCUT2D eigenvalue weighted by Crippen LogP contribution is 2.38. The highest BCUT2D eigenvalue weighted by molar-refractivity contribution is 5.89. The average Bonchev–Trinajstić information content (AvgIpc) is 3.06. The molecule has 2 heterocycles. The fraction of sp³-hybridized carbons (Fsp3) is 0.619. The van der Waals surface area contributed by atoms with E-state index in [0.29, 0.717) is 18.6 Å². The summed E-state index contributed by atoms with van der Waals surface area (Å²) in [6.45, 7) is 6.45. The number of esters is 2. The first-order valence-electron chi connectivity index (χ1n) is 10.2. The predicted octanol–water partition coefficient (Wildman–Crippen LogP) is 2.87. The van der Waals surface area contributed by atoms with Gasteiger partial charge < -0.3 is 14.2 Å². The topological polar surface area (TPSA) is 83.5 Å². The van der Waals surface area contributed by atoms with Crippen LogP contribution in [0.25, 0.3) is 0 Å². The highest BCUT2D eigenvalue weighted by Gasteiger charge is 2.54. The van der Waals surface area contributed by atoms with Crippen LogP contribution in [0.3, 0.4) is 0 Å². The summed E-state index contributed by atoms with van der Waals surface area (Å²) in [5.74, 6) is -1.19. The van der Waals surface area contributed by atoms with Crippen LogP contribution in [-0.2, 0) is 28.7 Å². The van der Waals surface area contributed by atoms with Crippen LogP contribution in [0.1, 0.15) is 50.4 Å². The van der Waals surface area contributed by atoms with E-state index in [4.69, 9.17) is 23.9 Å². The van der Waals surface area contributed by atoms with Gasteiger partial charge in [0, 0.05) is 18.9 Å². The first-order chi connectivity index (χ1) is 14.0. The molecule has 2 saturated heterocycles. The van der Waals surface area contributed by atoms with Gasteiger partial charge in [0.15, 0.2) is 12.4 Å². The van der Waals surface area contributed by atoms with Crippen molar-refractivity contribution in [2.75, 3.05) is 13.2 Å². The summed E-state index contributed by atoms with van der Waals surface area (Å²) < 4.78 is 16.7. The number of fused-ring (bicyclic) bond motifs is 1. The zero-order chi connectivity index (χ0) is 20.8. The quantitative estimate of drug-likeness (QED) is 0.481. The number of ether oxygens (including phenoxy) is 3. The Kier molecular flexibility index (Phi) is 7.60. The Hall–Kier alpha value is -2.00. The number of hydrogen-bond donors (Lipinski definition) is 0. The molecule has 2 fully saturated rings. The molecule has 0 spiro atoms. The Balaban J connectivity index is 1.75.